The molecule has 4 aliphatic carbocycles. The standard InChI is InChI=1S/C13H25O10P.C12H25NO10P.2C11H23O9P/c1-3-4-7(14)6(2)5-22-24(20,21)23-13-11(18)9(16)8(15)10(17)12(13)19;1-2-3-6(14)5(13)4-22-24(20,21)23-12-10(18)8(16)7(15)9(17)11(12)19;2*1-3-5(2)4-19-21(17,18)20-11-9(15)7(13)6(12)8(14)10(11)16/h3-4,6-19H,5H2,1-2H3,(H,20,21);2-3,5-12,14-21H,4,13H2,1H3;2*5-16H,3-4H2,1-2H3,(H,17,18)/q;+1;;/b4-3+;3-2+;;/t6-,7-,8?,9?,10?,11?,12?,13?;5-,6-,7?,8?,9?,10?,11?,12?;2*5-,6?,7?,8?,9?,10?,11?/m0011/s1. The van der Waals surface area contributed by atoms with Gasteiger partial charge in [-0.25, -0.2) is 13.7 Å². The van der Waals surface area contributed by atoms with Crippen LogP contribution >= 0.6 is 31.6 Å². The van der Waals surface area contributed by atoms with E-state index in [9.17, 15) is 151 Å². The van der Waals surface area contributed by atoms with E-state index in [1.807, 2.05) is 13.8 Å². The molecule has 25 atom stereocenters. The van der Waals surface area contributed by atoms with Crippen LogP contribution < -0.4 is 5.73 Å². The first kappa shape index (κ1) is 87.2. The summed E-state index contributed by atoms with van der Waals surface area (Å²) in [7, 11) is -18.6. The quantitative estimate of drug-likeness (QED) is 0.0282. The Morgan fingerprint density at radius 3 is 0.889 bits per heavy atom. The van der Waals surface area contributed by atoms with Crippen molar-refractivity contribution in [2.75, 3.05) is 26.4 Å². The van der Waals surface area contributed by atoms with Crippen molar-refractivity contribution < 1.29 is 187 Å². The van der Waals surface area contributed by atoms with Gasteiger partial charge in [-0.3, -0.25) is 27.1 Å². The molecule has 0 aromatic heterocycles. The molecule has 0 saturated heterocycles. The summed E-state index contributed by atoms with van der Waals surface area (Å²) in [6, 6.07) is -1.01. The minimum Gasteiger partial charge on any atom is -0.389 e. The highest BCUT2D eigenvalue weighted by molar-refractivity contribution is 7.54. The van der Waals surface area contributed by atoms with Crippen LogP contribution in [-0.2, 0) is 49.9 Å². The second-order valence-corrected chi connectivity index (χ2v) is 27.5. The van der Waals surface area contributed by atoms with Crippen LogP contribution in [0.2, 0.25) is 0 Å². The number of aliphatic hydroxyl groups is 22. The fourth-order valence-electron chi connectivity index (χ4n) is 8.02. The summed E-state index contributed by atoms with van der Waals surface area (Å²) in [5.74, 6) is -0.564. The van der Waals surface area contributed by atoms with Gasteiger partial charge in [-0.15, -0.1) is 4.52 Å². The summed E-state index contributed by atoms with van der Waals surface area (Å²) < 4.78 is 72.9. The first-order valence-electron chi connectivity index (χ1n) is 27.9. The van der Waals surface area contributed by atoms with Crippen molar-refractivity contribution in [1.82, 2.24) is 0 Å². The second kappa shape index (κ2) is 38.9. The van der Waals surface area contributed by atoms with Gasteiger partial charge in [-0.1, -0.05) is 71.8 Å². The van der Waals surface area contributed by atoms with E-state index in [-0.39, 0.29) is 31.7 Å². The summed E-state index contributed by atoms with van der Waals surface area (Å²) in [6.07, 6.45) is -39.1. The molecular formula is C47H96NO38P4+. The monoisotopic (exact) mass is 1410 g/mol. The van der Waals surface area contributed by atoms with Crippen molar-refractivity contribution in [2.45, 2.75) is 226 Å². The van der Waals surface area contributed by atoms with Gasteiger partial charge in [-0.05, 0) is 25.7 Å². The van der Waals surface area contributed by atoms with E-state index in [1.54, 1.807) is 40.7 Å². The fourth-order valence-corrected chi connectivity index (χ4v) is 12.2. The van der Waals surface area contributed by atoms with Crippen LogP contribution in [0.4, 0.5) is 0 Å². The van der Waals surface area contributed by atoms with Gasteiger partial charge in [0.05, 0.1) is 38.1 Å². The largest absolute Gasteiger partial charge is 0.570 e. The molecular weight excluding hydrogens is 1310 g/mol. The molecule has 4 saturated carbocycles. The lowest BCUT2D eigenvalue weighted by atomic mass is 9.85. The molecule has 19 unspecified atom stereocenters. The Kier molecular flexibility index (Phi) is 37.7. The summed E-state index contributed by atoms with van der Waals surface area (Å²) in [4.78, 5) is 48.2. The van der Waals surface area contributed by atoms with E-state index >= 15 is 0 Å². The van der Waals surface area contributed by atoms with E-state index in [1.165, 1.54) is 18.2 Å². The van der Waals surface area contributed by atoms with Crippen LogP contribution in [0.15, 0.2) is 24.3 Å². The van der Waals surface area contributed by atoms with E-state index < -0.39 is 209 Å². The molecule has 0 aromatic rings. The normalized spacial score (nSPS) is 39.9. The number of hydrogen-bond donors (Lipinski definition) is 28. The number of phosphoric ester groups is 3. The van der Waals surface area contributed by atoms with Crippen LogP contribution in [0.25, 0.3) is 0 Å². The lowest BCUT2D eigenvalue weighted by molar-refractivity contribution is -0.221. The Hall–Kier alpha value is -0.840. The lowest BCUT2D eigenvalue weighted by Gasteiger charge is -2.41. The number of rotatable bonds is 26. The van der Waals surface area contributed by atoms with Crippen molar-refractivity contribution in [1.29, 1.82) is 0 Å². The number of allylic oxidation sites excluding steroid dienone is 2. The zero-order valence-electron chi connectivity index (χ0n) is 49.8. The van der Waals surface area contributed by atoms with Crippen molar-refractivity contribution in [3.8, 4) is 0 Å². The van der Waals surface area contributed by atoms with Gasteiger partial charge in [0.1, 0.15) is 147 Å². The molecule has 0 heterocycles. The molecule has 0 amide bonds. The minimum atomic E-state index is -4.78. The Morgan fingerprint density at radius 2 is 0.633 bits per heavy atom. The first-order valence-corrected chi connectivity index (χ1v) is 33.9. The smallest absolute Gasteiger partial charge is 0.389 e. The predicted molar refractivity (Wildman–Crippen MR) is 302 cm³/mol. The molecule has 4 aliphatic rings. The predicted octanol–water partition coefficient (Wildman–Crippen LogP) is -9.28. The van der Waals surface area contributed by atoms with E-state index in [0.717, 1.165) is 0 Å². The molecule has 4 fully saturated rings. The third kappa shape index (κ3) is 26.2. The van der Waals surface area contributed by atoms with Gasteiger partial charge in [0.2, 0.25) is 0 Å². The number of phosphoric acid groups is 3. The lowest BCUT2D eigenvalue weighted by Crippen LogP contribution is -2.64. The van der Waals surface area contributed by atoms with Crippen molar-refractivity contribution >= 4 is 31.6 Å². The Labute approximate surface area is 517 Å². The van der Waals surface area contributed by atoms with Gasteiger partial charge in [0, 0.05) is 5.92 Å². The number of hydrogen-bond acceptors (Lipinski definition) is 36. The Bertz CT molecular complexity index is 2120. The summed E-state index contributed by atoms with van der Waals surface area (Å²) in [6.45, 7) is 11.1. The van der Waals surface area contributed by atoms with Crippen LogP contribution in [-0.4, -0.2) is 328 Å². The fraction of sp³-hybridized carbons (Fsp3) is 0.915. The van der Waals surface area contributed by atoms with Crippen LogP contribution in [0.1, 0.15) is 61.3 Å². The molecule has 0 radical (unpaired) electrons. The maximum Gasteiger partial charge on any atom is 0.570 e. The van der Waals surface area contributed by atoms with E-state index in [4.69, 9.17) is 23.8 Å². The third-order valence-corrected chi connectivity index (χ3v) is 18.4. The molecule has 4 rings (SSSR count). The summed E-state index contributed by atoms with van der Waals surface area (Å²) >= 11 is 0. The van der Waals surface area contributed by atoms with E-state index in [0.29, 0.717) is 12.8 Å². The molecule has 0 bridgehead atoms. The molecule has 536 valence electrons. The SMILES string of the molecule is C/C=C/[C@H](O)[C@@H](C)COP(=O)(O)OC1C(O)C(O)C(O)C(O)C1O.C/C=C/[C@H](O)[C@@H](N)CO[P+](O)(O)OC1C(O)C(O)C(O)C(O)C1O.CC[C@@H](C)COP(=O)(O)OC1C(O)C(O)C(O)C(O)C1O.CC[C@@H](C)COP(=O)(O)OC1C(O)C(O)C(O)C(O)C1O. The minimum absolute atomic E-state index is 0.00622. The summed E-state index contributed by atoms with van der Waals surface area (Å²) in [5, 5.41) is 211. The van der Waals surface area contributed by atoms with Crippen molar-refractivity contribution in [3.63, 3.8) is 0 Å². The zero-order chi connectivity index (χ0) is 70.0. The van der Waals surface area contributed by atoms with Gasteiger partial charge >= 0.3 is 31.6 Å². The molecule has 39 nitrogen and oxygen atoms in total. The Morgan fingerprint density at radius 1 is 0.400 bits per heavy atom. The zero-order valence-corrected chi connectivity index (χ0v) is 53.4. The average molecular weight is 1410 g/mol. The highest BCUT2D eigenvalue weighted by atomic mass is 31.2. The Balaban J connectivity index is 0.000000601. The molecule has 0 aliphatic heterocycles. The average Bonchev–Trinajstić information content (AvgIpc) is 3.60. The molecule has 0 aromatic carbocycles. The molecule has 29 N–H and O–H groups in total. The maximum atomic E-state index is 11.9. The van der Waals surface area contributed by atoms with Gasteiger partial charge in [-0.2, -0.15) is 14.3 Å². The first-order chi connectivity index (χ1) is 41.2. The van der Waals surface area contributed by atoms with Crippen molar-refractivity contribution in [2.24, 2.45) is 23.5 Å². The second-order valence-electron chi connectivity index (χ2n) is 21.9. The van der Waals surface area contributed by atoms with Crippen LogP contribution in [0.5, 0.6) is 0 Å². The summed E-state index contributed by atoms with van der Waals surface area (Å²) in [5.41, 5.74) is 5.56. The molecule has 43 heteroatoms. The van der Waals surface area contributed by atoms with Crippen LogP contribution in [0.3, 0.4) is 0 Å². The van der Waals surface area contributed by atoms with Crippen molar-refractivity contribution in [3.05, 3.63) is 24.3 Å². The highest BCUT2D eigenvalue weighted by Crippen LogP contribution is 2.55. The molecule has 90 heavy (non-hydrogen) atoms. The van der Waals surface area contributed by atoms with Crippen LogP contribution in [0, 0.1) is 17.8 Å². The maximum absolute atomic E-state index is 11.9. The highest BCUT2D eigenvalue weighted by Gasteiger charge is 2.57. The number of nitrogens with two attached hydrogens (primary N) is 1. The topological polar surface area (TPSA) is 697 Å². The van der Waals surface area contributed by atoms with E-state index in [2.05, 4.69) is 18.1 Å². The van der Waals surface area contributed by atoms with Gasteiger partial charge in [0.15, 0.2) is 6.10 Å². The third-order valence-electron chi connectivity index (χ3n) is 14.5. The molecule has 0 spiro atoms. The number of aliphatic hydroxyl groups excluding tert-OH is 22. The van der Waals surface area contributed by atoms with Gasteiger partial charge < -0.3 is 133 Å². The van der Waals surface area contributed by atoms with Gasteiger partial charge in [0.25, 0.3) is 0 Å².